The Bertz CT molecular complexity index is 934. The van der Waals surface area contributed by atoms with Gasteiger partial charge in [0.05, 0.1) is 5.02 Å². The van der Waals surface area contributed by atoms with Crippen LogP contribution in [0.25, 0.3) is 11.0 Å². The normalized spacial score (nSPS) is 12.3. The van der Waals surface area contributed by atoms with Crippen molar-refractivity contribution in [2.75, 3.05) is 0 Å². The first-order valence-electron chi connectivity index (χ1n) is 8.57. The summed E-state index contributed by atoms with van der Waals surface area (Å²) in [5, 5.41) is 22.0. The molecule has 0 radical (unpaired) electrons. The van der Waals surface area contributed by atoms with Crippen LogP contribution >= 0.6 is 11.6 Å². The molecule has 0 fully saturated rings. The van der Waals surface area contributed by atoms with E-state index in [1.807, 2.05) is 13.8 Å². The van der Waals surface area contributed by atoms with Gasteiger partial charge in [-0.3, -0.25) is 4.79 Å². The number of amides is 1. The highest BCUT2D eigenvalue weighted by Gasteiger charge is 2.21. The molecule has 1 atom stereocenters. The molecule has 1 aromatic carbocycles. The number of hydrogen-bond acceptors (Lipinski definition) is 5. The van der Waals surface area contributed by atoms with Crippen LogP contribution in [0, 0.1) is 12.8 Å². The van der Waals surface area contributed by atoms with E-state index >= 15 is 0 Å². The molecule has 3 N–H and O–H groups in total. The number of carboxylic acids is 1. The number of phenols is 1. The average molecular weight is 396 g/mol. The molecule has 0 aliphatic rings. The molecule has 0 spiro atoms. The highest BCUT2D eigenvalue weighted by atomic mass is 35.5. The lowest BCUT2D eigenvalue weighted by molar-refractivity contribution is -0.142. The Hall–Kier alpha value is -2.54. The molecular weight excluding hydrogens is 374 g/mol. The minimum Gasteiger partial charge on any atom is -0.506 e. The van der Waals surface area contributed by atoms with E-state index in [2.05, 4.69) is 5.32 Å². The zero-order valence-electron chi connectivity index (χ0n) is 15.3. The third kappa shape index (κ3) is 5.01. The van der Waals surface area contributed by atoms with Crippen LogP contribution in [-0.2, 0) is 16.0 Å². The lowest BCUT2D eigenvalue weighted by Gasteiger charge is -2.16. The number of aryl methyl sites for hydroxylation is 1. The Morgan fingerprint density at radius 2 is 1.96 bits per heavy atom. The molecule has 1 aromatic heterocycles. The number of rotatable bonds is 7. The van der Waals surface area contributed by atoms with Gasteiger partial charge in [-0.05, 0) is 37.3 Å². The maximum atomic E-state index is 12.2. The summed E-state index contributed by atoms with van der Waals surface area (Å²) in [4.78, 5) is 35.6. The van der Waals surface area contributed by atoms with Crippen LogP contribution in [0.15, 0.2) is 21.3 Å². The van der Waals surface area contributed by atoms with Crippen molar-refractivity contribution in [3.8, 4) is 5.75 Å². The van der Waals surface area contributed by atoms with Gasteiger partial charge in [-0.1, -0.05) is 25.4 Å². The minimum atomic E-state index is -1.09. The summed E-state index contributed by atoms with van der Waals surface area (Å²) in [5.41, 5.74) is 0.519. The number of carbonyl (C=O) groups is 2. The predicted molar refractivity (Wildman–Crippen MR) is 101 cm³/mol. The zero-order chi connectivity index (χ0) is 20.3. The van der Waals surface area contributed by atoms with Crippen LogP contribution < -0.4 is 10.9 Å². The molecule has 2 rings (SSSR count). The van der Waals surface area contributed by atoms with Crippen molar-refractivity contribution >= 4 is 34.4 Å². The molecule has 2 aromatic rings. The first-order valence-corrected chi connectivity index (χ1v) is 8.95. The van der Waals surface area contributed by atoms with E-state index in [4.69, 9.17) is 16.0 Å². The summed E-state index contributed by atoms with van der Waals surface area (Å²) in [6.07, 6.45) is 0.369. The van der Waals surface area contributed by atoms with Crippen LogP contribution in [0.5, 0.6) is 5.75 Å². The first-order chi connectivity index (χ1) is 12.6. The Morgan fingerprint density at radius 3 is 2.56 bits per heavy atom. The number of carboxylic acid groups (broad SMARTS) is 1. The van der Waals surface area contributed by atoms with Crippen LogP contribution in [0.2, 0.25) is 5.02 Å². The smallest absolute Gasteiger partial charge is 0.339 e. The fourth-order valence-electron chi connectivity index (χ4n) is 2.88. The molecule has 0 bridgehead atoms. The van der Waals surface area contributed by atoms with Crippen LogP contribution in [0.4, 0.5) is 0 Å². The molecule has 7 nitrogen and oxygen atoms in total. The van der Waals surface area contributed by atoms with E-state index in [0.29, 0.717) is 22.9 Å². The molecule has 1 amide bonds. The standard InChI is InChI=1S/C19H22ClNO6/c1-9(2)6-14(18(24)25)21-17(23)5-4-11-10(3)12-7-13(20)15(22)8-16(12)27-19(11)26/h7-9,14,22H,4-6H2,1-3H3,(H,21,23)(H,24,25)/t14-/m0/s1. The van der Waals surface area contributed by atoms with Crippen molar-refractivity contribution in [1.82, 2.24) is 5.32 Å². The quantitative estimate of drug-likeness (QED) is 0.620. The van der Waals surface area contributed by atoms with Crippen molar-refractivity contribution in [1.29, 1.82) is 0 Å². The van der Waals surface area contributed by atoms with Gasteiger partial charge in [-0.2, -0.15) is 0 Å². The van der Waals surface area contributed by atoms with Crippen molar-refractivity contribution in [2.24, 2.45) is 5.92 Å². The van der Waals surface area contributed by atoms with E-state index in [-0.39, 0.29) is 35.1 Å². The summed E-state index contributed by atoms with van der Waals surface area (Å²) in [6.45, 7) is 5.45. The molecule has 8 heteroatoms. The van der Waals surface area contributed by atoms with Crippen molar-refractivity contribution in [3.05, 3.63) is 38.7 Å². The van der Waals surface area contributed by atoms with Gasteiger partial charge in [-0.15, -0.1) is 0 Å². The third-order valence-electron chi connectivity index (χ3n) is 4.30. The number of nitrogens with one attached hydrogen (secondary N) is 1. The van der Waals surface area contributed by atoms with E-state index in [1.54, 1.807) is 6.92 Å². The van der Waals surface area contributed by atoms with Crippen molar-refractivity contribution < 1.29 is 24.2 Å². The summed E-state index contributed by atoms with van der Waals surface area (Å²) in [5.74, 6) is -1.62. The SMILES string of the molecule is Cc1c(CCC(=O)N[C@@H](CC(C)C)C(=O)O)c(=O)oc2cc(O)c(Cl)cc12. The molecular formula is C19H22ClNO6. The maximum absolute atomic E-state index is 12.2. The van der Waals surface area contributed by atoms with Crippen LogP contribution in [0.3, 0.4) is 0 Å². The Labute approximate surface area is 160 Å². The summed E-state index contributed by atoms with van der Waals surface area (Å²) < 4.78 is 5.21. The Balaban J connectivity index is 2.19. The average Bonchev–Trinajstić information content (AvgIpc) is 2.55. The monoisotopic (exact) mass is 395 g/mol. The van der Waals surface area contributed by atoms with Crippen LogP contribution in [0.1, 0.15) is 37.8 Å². The number of hydrogen-bond donors (Lipinski definition) is 3. The minimum absolute atomic E-state index is 0.0508. The van der Waals surface area contributed by atoms with E-state index in [9.17, 15) is 24.6 Å². The van der Waals surface area contributed by atoms with Gasteiger partial charge in [-0.25, -0.2) is 9.59 Å². The zero-order valence-corrected chi connectivity index (χ0v) is 16.1. The number of phenolic OH excluding ortho intramolecular Hbond substituents is 1. The van der Waals surface area contributed by atoms with Gasteiger partial charge >= 0.3 is 11.6 Å². The van der Waals surface area contributed by atoms with Gasteiger partial charge in [0.25, 0.3) is 0 Å². The lowest BCUT2D eigenvalue weighted by Crippen LogP contribution is -2.41. The van der Waals surface area contributed by atoms with Gasteiger partial charge in [0.1, 0.15) is 17.4 Å². The Kier molecular flexibility index (Phi) is 6.49. The number of aliphatic carboxylic acids is 1. The number of aromatic hydroxyl groups is 1. The number of fused-ring (bicyclic) bond motifs is 1. The van der Waals surface area contributed by atoms with Gasteiger partial charge in [0.15, 0.2) is 0 Å². The Morgan fingerprint density at radius 1 is 1.30 bits per heavy atom. The van der Waals surface area contributed by atoms with Gasteiger partial charge < -0.3 is 19.9 Å². The van der Waals surface area contributed by atoms with Crippen LogP contribution in [-0.4, -0.2) is 28.1 Å². The largest absolute Gasteiger partial charge is 0.506 e. The molecule has 0 aliphatic heterocycles. The van der Waals surface area contributed by atoms with Crippen molar-refractivity contribution in [2.45, 2.75) is 46.1 Å². The van der Waals surface area contributed by atoms with Gasteiger partial charge in [0.2, 0.25) is 5.91 Å². The van der Waals surface area contributed by atoms with Crippen molar-refractivity contribution in [3.63, 3.8) is 0 Å². The summed E-state index contributed by atoms with van der Waals surface area (Å²) in [7, 11) is 0. The highest BCUT2D eigenvalue weighted by molar-refractivity contribution is 6.32. The fraction of sp³-hybridized carbons (Fsp3) is 0.421. The van der Waals surface area contributed by atoms with E-state index in [1.165, 1.54) is 12.1 Å². The second-order valence-electron chi connectivity index (χ2n) is 6.88. The molecule has 0 saturated heterocycles. The second kappa shape index (κ2) is 8.43. The van der Waals surface area contributed by atoms with E-state index < -0.39 is 23.5 Å². The maximum Gasteiger partial charge on any atom is 0.339 e. The number of halogens is 1. The van der Waals surface area contributed by atoms with E-state index in [0.717, 1.165) is 0 Å². The lowest BCUT2D eigenvalue weighted by atomic mass is 10.0. The topological polar surface area (TPSA) is 117 Å². The molecule has 1 heterocycles. The second-order valence-corrected chi connectivity index (χ2v) is 7.29. The molecule has 146 valence electrons. The number of carbonyl (C=O) groups excluding carboxylic acids is 1. The fourth-order valence-corrected chi connectivity index (χ4v) is 3.05. The molecule has 27 heavy (non-hydrogen) atoms. The molecule has 0 unspecified atom stereocenters. The molecule has 0 aliphatic carbocycles. The first kappa shape index (κ1) is 20.8. The third-order valence-corrected chi connectivity index (χ3v) is 4.60. The summed E-state index contributed by atoms with van der Waals surface area (Å²) in [6, 6.07) is 1.80. The number of benzene rings is 1. The summed E-state index contributed by atoms with van der Waals surface area (Å²) >= 11 is 5.92. The predicted octanol–water partition coefficient (Wildman–Crippen LogP) is 3.01. The highest BCUT2D eigenvalue weighted by Crippen LogP contribution is 2.30. The molecule has 0 saturated carbocycles. The van der Waals surface area contributed by atoms with Gasteiger partial charge in [0, 0.05) is 23.4 Å².